The van der Waals surface area contributed by atoms with Gasteiger partial charge in [-0.25, -0.2) is 8.42 Å². The van der Waals surface area contributed by atoms with Crippen molar-refractivity contribution in [2.75, 3.05) is 18.4 Å². The minimum absolute atomic E-state index is 0.212. The minimum Gasteiger partial charge on any atom is -0.451 e. The number of hydrogen-bond acceptors (Lipinski definition) is 4. The number of nitrogens with zero attached hydrogens (tertiary/aromatic N) is 1. The van der Waals surface area contributed by atoms with E-state index >= 15 is 0 Å². The van der Waals surface area contributed by atoms with E-state index in [-0.39, 0.29) is 10.7 Å². The van der Waals surface area contributed by atoms with E-state index in [2.05, 4.69) is 21.2 Å². The second-order valence-electron chi connectivity index (χ2n) is 7.60. The predicted octanol–water partition coefficient (Wildman–Crippen LogP) is 5.24. The number of nitrogens with one attached hydrogen (secondary N) is 1. The zero-order valence-corrected chi connectivity index (χ0v) is 19.3. The third-order valence-electron chi connectivity index (χ3n) is 5.48. The molecule has 1 saturated heterocycles. The maximum atomic E-state index is 13.1. The number of fused-ring (bicyclic) bond motifs is 1. The largest absolute Gasteiger partial charge is 0.451 e. The van der Waals surface area contributed by atoms with E-state index in [9.17, 15) is 13.2 Å². The van der Waals surface area contributed by atoms with Crippen LogP contribution in [0.4, 0.5) is 5.69 Å². The average molecular weight is 491 g/mol. The molecule has 158 valence electrons. The van der Waals surface area contributed by atoms with Gasteiger partial charge in [0.05, 0.1) is 4.90 Å². The molecule has 1 aliphatic rings. The Hall–Kier alpha value is -2.16. The quantitative estimate of drug-likeness (QED) is 0.542. The van der Waals surface area contributed by atoms with Crippen LogP contribution in [-0.4, -0.2) is 31.7 Å². The first-order chi connectivity index (χ1) is 14.3. The number of aryl methyl sites for hydroxylation is 2. The van der Waals surface area contributed by atoms with Crippen molar-refractivity contribution in [1.82, 2.24) is 4.31 Å². The van der Waals surface area contributed by atoms with Crippen LogP contribution < -0.4 is 5.32 Å². The van der Waals surface area contributed by atoms with Crippen molar-refractivity contribution in [3.8, 4) is 0 Å². The van der Waals surface area contributed by atoms with Gasteiger partial charge in [-0.15, -0.1) is 0 Å². The van der Waals surface area contributed by atoms with Gasteiger partial charge in [-0.3, -0.25) is 4.79 Å². The molecule has 1 fully saturated rings. The van der Waals surface area contributed by atoms with Crippen LogP contribution in [0.5, 0.6) is 0 Å². The fraction of sp³-hybridized carbons (Fsp3) is 0.318. The maximum absolute atomic E-state index is 13.1. The van der Waals surface area contributed by atoms with Gasteiger partial charge < -0.3 is 9.73 Å². The summed E-state index contributed by atoms with van der Waals surface area (Å²) >= 11 is 3.43. The number of carbonyl (C=O) groups excluding carboxylic acids is 1. The number of benzene rings is 2. The van der Waals surface area contributed by atoms with Gasteiger partial charge in [0, 0.05) is 34.2 Å². The monoisotopic (exact) mass is 490 g/mol. The second kappa shape index (κ2) is 8.17. The lowest BCUT2D eigenvalue weighted by molar-refractivity contribution is 0.0998. The number of sulfonamides is 1. The Balaban J connectivity index is 1.63. The lowest BCUT2D eigenvalue weighted by Crippen LogP contribution is -2.36. The zero-order valence-electron chi connectivity index (χ0n) is 16.9. The first kappa shape index (κ1) is 21.1. The number of rotatable bonds is 4. The lowest BCUT2D eigenvalue weighted by Gasteiger charge is -2.26. The third kappa shape index (κ3) is 3.91. The molecular weight excluding hydrogens is 468 g/mol. The lowest BCUT2D eigenvalue weighted by atomic mass is 10.1. The number of anilines is 1. The van der Waals surface area contributed by atoms with Gasteiger partial charge in [0.2, 0.25) is 10.0 Å². The molecule has 1 aromatic heterocycles. The normalized spacial score (nSPS) is 15.4. The van der Waals surface area contributed by atoms with E-state index in [0.717, 1.165) is 34.7 Å². The standard InChI is InChI=1S/C22H23BrN2O4S/c1-14-6-8-17(13-20(14)30(27,28)25-10-4-3-5-11-25)24-22(26)21-15(2)18-12-16(23)7-9-19(18)29-21/h6-9,12-13H,3-5,10-11H2,1-2H3,(H,24,26). The Morgan fingerprint density at radius 3 is 2.53 bits per heavy atom. The highest BCUT2D eigenvalue weighted by Crippen LogP contribution is 2.30. The van der Waals surface area contributed by atoms with Crippen LogP contribution in [0, 0.1) is 13.8 Å². The van der Waals surface area contributed by atoms with Crippen molar-refractivity contribution >= 4 is 48.5 Å². The molecule has 6 nitrogen and oxygen atoms in total. The molecule has 1 aliphatic heterocycles. The molecule has 0 saturated carbocycles. The van der Waals surface area contributed by atoms with Gasteiger partial charge in [-0.1, -0.05) is 28.4 Å². The molecule has 1 N–H and O–H groups in total. The van der Waals surface area contributed by atoms with Crippen LogP contribution in [0.2, 0.25) is 0 Å². The first-order valence-electron chi connectivity index (χ1n) is 9.88. The summed E-state index contributed by atoms with van der Waals surface area (Å²) in [6, 6.07) is 10.5. The van der Waals surface area contributed by atoms with Crippen molar-refractivity contribution in [3.63, 3.8) is 0 Å². The minimum atomic E-state index is -3.60. The van der Waals surface area contributed by atoms with E-state index in [1.54, 1.807) is 25.1 Å². The first-order valence-corrected chi connectivity index (χ1v) is 12.1. The van der Waals surface area contributed by atoms with Crippen LogP contribution in [0.15, 0.2) is 50.2 Å². The smallest absolute Gasteiger partial charge is 0.291 e. The van der Waals surface area contributed by atoms with Crippen LogP contribution in [0.1, 0.15) is 40.9 Å². The fourth-order valence-electron chi connectivity index (χ4n) is 3.80. The van der Waals surface area contributed by atoms with Crippen molar-refractivity contribution in [2.24, 2.45) is 0 Å². The highest BCUT2D eigenvalue weighted by molar-refractivity contribution is 9.10. The van der Waals surface area contributed by atoms with Crippen LogP contribution in [-0.2, 0) is 10.0 Å². The maximum Gasteiger partial charge on any atom is 0.291 e. The summed E-state index contributed by atoms with van der Waals surface area (Å²) in [5, 5.41) is 3.64. The average Bonchev–Trinajstić information content (AvgIpc) is 3.06. The molecule has 30 heavy (non-hydrogen) atoms. The Labute approximate surface area is 184 Å². The summed E-state index contributed by atoms with van der Waals surface area (Å²) in [6.07, 6.45) is 2.79. The molecule has 4 rings (SSSR count). The Morgan fingerprint density at radius 1 is 1.07 bits per heavy atom. The van der Waals surface area contributed by atoms with Gasteiger partial charge in [0.1, 0.15) is 5.58 Å². The Kier molecular flexibility index (Phi) is 5.74. The summed E-state index contributed by atoms with van der Waals surface area (Å²) in [6.45, 7) is 4.66. The molecule has 0 spiro atoms. The molecule has 0 aliphatic carbocycles. The molecule has 2 heterocycles. The highest BCUT2D eigenvalue weighted by atomic mass is 79.9. The van der Waals surface area contributed by atoms with E-state index in [4.69, 9.17) is 4.42 Å². The topological polar surface area (TPSA) is 79.6 Å². The number of halogens is 1. The molecule has 1 amide bonds. The number of hydrogen-bond donors (Lipinski definition) is 1. The molecule has 8 heteroatoms. The Bertz CT molecular complexity index is 1230. The van der Waals surface area contributed by atoms with Gasteiger partial charge in [-0.05, 0) is 62.6 Å². The fourth-order valence-corrected chi connectivity index (χ4v) is 5.93. The van der Waals surface area contributed by atoms with E-state index in [1.807, 2.05) is 19.1 Å². The van der Waals surface area contributed by atoms with E-state index in [1.165, 1.54) is 10.4 Å². The van der Waals surface area contributed by atoms with E-state index in [0.29, 0.717) is 29.9 Å². The molecule has 3 aromatic rings. The second-order valence-corrected chi connectivity index (χ2v) is 10.4. The number of piperidine rings is 1. The van der Waals surface area contributed by atoms with Crippen molar-refractivity contribution in [3.05, 3.63) is 57.8 Å². The van der Waals surface area contributed by atoms with Gasteiger partial charge in [-0.2, -0.15) is 4.31 Å². The summed E-state index contributed by atoms with van der Waals surface area (Å²) in [5.74, 6) is -0.200. The van der Waals surface area contributed by atoms with Crippen LogP contribution >= 0.6 is 15.9 Å². The highest BCUT2D eigenvalue weighted by Gasteiger charge is 2.28. The predicted molar refractivity (Wildman–Crippen MR) is 120 cm³/mol. The van der Waals surface area contributed by atoms with E-state index < -0.39 is 15.9 Å². The van der Waals surface area contributed by atoms with Crippen LogP contribution in [0.25, 0.3) is 11.0 Å². The van der Waals surface area contributed by atoms with Crippen molar-refractivity contribution < 1.29 is 17.6 Å². The van der Waals surface area contributed by atoms with Crippen LogP contribution in [0.3, 0.4) is 0 Å². The summed E-state index contributed by atoms with van der Waals surface area (Å²) in [4.78, 5) is 13.1. The molecule has 0 radical (unpaired) electrons. The van der Waals surface area contributed by atoms with Gasteiger partial charge in [0.25, 0.3) is 5.91 Å². The molecule has 0 atom stereocenters. The van der Waals surface area contributed by atoms with Gasteiger partial charge in [0.15, 0.2) is 5.76 Å². The Morgan fingerprint density at radius 2 is 1.80 bits per heavy atom. The molecule has 2 aromatic carbocycles. The third-order valence-corrected chi connectivity index (χ3v) is 8.02. The molecular formula is C22H23BrN2O4S. The number of carbonyl (C=O) groups is 1. The summed E-state index contributed by atoms with van der Waals surface area (Å²) in [7, 11) is -3.60. The molecule has 0 unspecified atom stereocenters. The summed E-state index contributed by atoms with van der Waals surface area (Å²) < 4.78 is 34.4. The number of amides is 1. The van der Waals surface area contributed by atoms with Crippen molar-refractivity contribution in [2.45, 2.75) is 38.0 Å². The van der Waals surface area contributed by atoms with Gasteiger partial charge >= 0.3 is 0 Å². The number of furan rings is 1. The zero-order chi connectivity index (χ0) is 21.5. The SMILES string of the molecule is Cc1ccc(NC(=O)c2oc3ccc(Br)cc3c2C)cc1S(=O)(=O)N1CCCCC1. The van der Waals surface area contributed by atoms with Crippen molar-refractivity contribution in [1.29, 1.82) is 0 Å². The molecule has 0 bridgehead atoms. The summed E-state index contributed by atoms with van der Waals surface area (Å²) in [5.41, 5.74) is 2.43.